The van der Waals surface area contributed by atoms with Gasteiger partial charge < -0.3 is 4.74 Å². The maximum atomic E-state index is 12.2. The van der Waals surface area contributed by atoms with Crippen LogP contribution < -0.4 is 0 Å². The van der Waals surface area contributed by atoms with Crippen molar-refractivity contribution < 1.29 is 9.53 Å². The third kappa shape index (κ3) is 9.73. The molecule has 1 rings (SSSR count). The first-order valence-electron chi connectivity index (χ1n) is 10.4. The van der Waals surface area contributed by atoms with Gasteiger partial charge in [0, 0.05) is 6.08 Å². The Morgan fingerprint density at radius 3 is 2.29 bits per heavy atom. The maximum Gasteiger partial charge on any atom is 0.331 e. The molecule has 0 aliphatic carbocycles. The van der Waals surface area contributed by atoms with Crippen molar-refractivity contribution in [3.63, 3.8) is 0 Å². The van der Waals surface area contributed by atoms with Crippen molar-refractivity contribution in [1.29, 1.82) is 0 Å². The second-order valence-electron chi connectivity index (χ2n) is 8.36. The second-order valence-corrected chi connectivity index (χ2v) is 8.36. The first-order chi connectivity index (χ1) is 13.2. The number of rotatable bonds is 10. The van der Waals surface area contributed by atoms with E-state index in [4.69, 9.17) is 4.74 Å². The molecule has 0 unspecified atom stereocenters. The van der Waals surface area contributed by atoms with Gasteiger partial charge in [0.2, 0.25) is 0 Å². The lowest BCUT2D eigenvalue weighted by molar-refractivity contribution is -0.139. The average Bonchev–Trinajstić information content (AvgIpc) is 2.59. The Balaban J connectivity index is 2.50. The van der Waals surface area contributed by atoms with Gasteiger partial charge in [-0.1, -0.05) is 66.5 Å². The molecule has 28 heavy (non-hydrogen) atoms. The minimum absolute atomic E-state index is 0.252. The fraction of sp³-hybridized carbons (Fsp3) is 0.500. The van der Waals surface area contributed by atoms with Crippen LogP contribution in [0, 0.1) is 6.92 Å². The highest BCUT2D eigenvalue weighted by Gasteiger charge is 2.09. The van der Waals surface area contributed by atoms with Crippen LogP contribution in [0.15, 0.2) is 53.1 Å². The number of benzene rings is 1. The van der Waals surface area contributed by atoms with E-state index >= 15 is 0 Å². The van der Waals surface area contributed by atoms with E-state index in [1.165, 1.54) is 22.3 Å². The van der Waals surface area contributed by atoms with Crippen LogP contribution in [0.5, 0.6) is 0 Å². The molecule has 0 aliphatic heterocycles. The summed E-state index contributed by atoms with van der Waals surface area (Å²) in [6, 6.07) is 6.36. The van der Waals surface area contributed by atoms with Crippen LogP contribution in [0.25, 0.3) is 0 Å². The maximum absolute atomic E-state index is 12.2. The smallest absolute Gasteiger partial charge is 0.331 e. The van der Waals surface area contributed by atoms with Gasteiger partial charge in [-0.2, -0.15) is 0 Å². The van der Waals surface area contributed by atoms with Crippen molar-refractivity contribution in [2.75, 3.05) is 0 Å². The zero-order chi connectivity index (χ0) is 21.1. The first kappa shape index (κ1) is 23.9. The molecule has 0 amide bonds. The number of hydrogen-bond donors (Lipinski definition) is 0. The summed E-state index contributed by atoms with van der Waals surface area (Å²) < 4.78 is 5.51. The highest BCUT2D eigenvalue weighted by atomic mass is 16.5. The van der Waals surface area contributed by atoms with E-state index in [0.717, 1.165) is 36.8 Å². The molecule has 0 aromatic heterocycles. The molecule has 0 bridgehead atoms. The zero-order valence-corrected chi connectivity index (χ0v) is 18.9. The predicted molar refractivity (Wildman–Crippen MR) is 120 cm³/mol. The topological polar surface area (TPSA) is 26.3 Å². The standard InChI is InChI=1S/C26H38O2/c1-19(2)10-8-11-21(5)12-9-13-22(6)17-26(27)28-18-24-16-23(7)14-15-25(24)20(3)4/h10,12,14-17,20H,8-9,11,13,18H2,1-7H3/b21-12+,22-17+. The van der Waals surface area contributed by atoms with Crippen molar-refractivity contribution in [3.05, 3.63) is 69.8 Å². The van der Waals surface area contributed by atoms with Crippen molar-refractivity contribution in [1.82, 2.24) is 0 Å². The summed E-state index contributed by atoms with van der Waals surface area (Å²) in [4.78, 5) is 12.2. The van der Waals surface area contributed by atoms with Gasteiger partial charge >= 0.3 is 5.97 Å². The van der Waals surface area contributed by atoms with E-state index in [2.05, 4.69) is 71.9 Å². The molecule has 1 aromatic carbocycles. The molecule has 0 spiro atoms. The number of carbonyl (C=O) groups is 1. The third-order valence-corrected chi connectivity index (χ3v) is 4.78. The highest BCUT2D eigenvalue weighted by Crippen LogP contribution is 2.21. The Labute approximate surface area is 172 Å². The largest absolute Gasteiger partial charge is 0.458 e. The SMILES string of the molecule is CC(C)=CCC/C(C)=C/CC/C(C)=C/C(=O)OCc1cc(C)ccc1C(C)C. The van der Waals surface area contributed by atoms with Gasteiger partial charge in [-0.3, -0.25) is 0 Å². The summed E-state index contributed by atoms with van der Waals surface area (Å²) in [5.74, 6) is 0.163. The van der Waals surface area contributed by atoms with Gasteiger partial charge in [-0.15, -0.1) is 0 Å². The third-order valence-electron chi connectivity index (χ3n) is 4.78. The number of ether oxygens (including phenoxy) is 1. The van der Waals surface area contributed by atoms with Gasteiger partial charge in [-0.25, -0.2) is 4.79 Å². The minimum Gasteiger partial charge on any atom is -0.458 e. The zero-order valence-electron chi connectivity index (χ0n) is 18.9. The summed E-state index contributed by atoms with van der Waals surface area (Å²) in [5.41, 5.74) is 7.38. The van der Waals surface area contributed by atoms with Crippen molar-refractivity contribution in [2.24, 2.45) is 0 Å². The van der Waals surface area contributed by atoms with Gasteiger partial charge in [0.05, 0.1) is 0 Å². The summed E-state index contributed by atoms with van der Waals surface area (Å²) in [6.07, 6.45) is 10.2. The van der Waals surface area contributed by atoms with E-state index in [9.17, 15) is 4.79 Å². The number of aryl methyl sites for hydroxylation is 1. The summed E-state index contributed by atoms with van der Waals surface area (Å²) in [7, 11) is 0. The molecule has 154 valence electrons. The molecule has 0 saturated heterocycles. The van der Waals surface area contributed by atoms with Crippen molar-refractivity contribution in [3.8, 4) is 0 Å². The quantitative estimate of drug-likeness (QED) is 0.237. The van der Waals surface area contributed by atoms with E-state index in [1.807, 2.05) is 6.92 Å². The summed E-state index contributed by atoms with van der Waals surface area (Å²) >= 11 is 0. The fourth-order valence-corrected chi connectivity index (χ4v) is 3.12. The van der Waals surface area contributed by atoms with Crippen LogP contribution in [-0.4, -0.2) is 5.97 Å². The Kier molecular flexibility index (Phi) is 10.6. The Morgan fingerprint density at radius 2 is 1.64 bits per heavy atom. The summed E-state index contributed by atoms with van der Waals surface area (Å²) in [6.45, 7) is 15.2. The van der Waals surface area contributed by atoms with Gasteiger partial charge in [0.25, 0.3) is 0 Å². The molecule has 0 radical (unpaired) electrons. The van der Waals surface area contributed by atoms with Crippen LogP contribution in [0.1, 0.15) is 89.8 Å². The first-order valence-corrected chi connectivity index (χ1v) is 10.4. The average molecular weight is 383 g/mol. The molecule has 2 nitrogen and oxygen atoms in total. The second kappa shape index (κ2) is 12.4. The Hall–Kier alpha value is -2.09. The van der Waals surface area contributed by atoms with Crippen LogP contribution >= 0.6 is 0 Å². The molecule has 2 heteroatoms. The van der Waals surface area contributed by atoms with Crippen molar-refractivity contribution in [2.45, 2.75) is 86.7 Å². The van der Waals surface area contributed by atoms with Crippen molar-refractivity contribution >= 4 is 5.97 Å². The lowest BCUT2D eigenvalue weighted by Crippen LogP contribution is -2.05. The molecule has 0 aliphatic rings. The monoisotopic (exact) mass is 382 g/mol. The number of allylic oxidation sites excluding steroid dienone is 5. The Morgan fingerprint density at radius 1 is 1.00 bits per heavy atom. The molecule has 0 atom stereocenters. The van der Waals surface area contributed by atoms with Crippen LogP contribution in [0.4, 0.5) is 0 Å². The molecule has 0 heterocycles. The molecule has 0 N–H and O–H groups in total. The minimum atomic E-state index is -0.252. The number of carbonyl (C=O) groups excluding carboxylic acids is 1. The molecule has 0 fully saturated rings. The fourth-order valence-electron chi connectivity index (χ4n) is 3.12. The molecular weight excluding hydrogens is 344 g/mol. The normalized spacial score (nSPS) is 12.3. The number of esters is 1. The Bertz CT molecular complexity index is 729. The van der Waals surface area contributed by atoms with Gasteiger partial charge in [-0.05, 0) is 77.3 Å². The van der Waals surface area contributed by atoms with Crippen LogP contribution in [0.3, 0.4) is 0 Å². The molecular formula is C26H38O2. The van der Waals surface area contributed by atoms with Gasteiger partial charge in [0.15, 0.2) is 0 Å². The van der Waals surface area contributed by atoms with E-state index < -0.39 is 0 Å². The highest BCUT2D eigenvalue weighted by molar-refractivity contribution is 5.82. The lowest BCUT2D eigenvalue weighted by Gasteiger charge is -2.13. The molecule has 1 aromatic rings. The predicted octanol–water partition coefficient (Wildman–Crippen LogP) is 7.58. The van der Waals surface area contributed by atoms with E-state index in [-0.39, 0.29) is 5.97 Å². The number of hydrogen-bond acceptors (Lipinski definition) is 2. The van der Waals surface area contributed by atoms with E-state index in [1.54, 1.807) is 6.08 Å². The molecule has 0 saturated carbocycles. The van der Waals surface area contributed by atoms with E-state index in [0.29, 0.717) is 12.5 Å². The summed E-state index contributed by atoms with van der Waals surface area (Å²) in [5, 5.41) is 0. The van der Waals surface area contributed by atoms with Gasteiger partial charge in [0.1, 0.15) is 6.61 Å². The lowest BCUT2D eigenvalue weighted by atomic mass is 9.96. The van der Waals surface area contributed by atoms with Crippen LogP contribution in [-0.2, 0) is 16.1 Å². The van der Waals surface area contributed by atoms with Crippen LogP contribution in [0.2, 0.25) is 0 Å².